The molecular weight excluding hydrogens is 580 g/mol. The predicted octanol–water partition coefficient (Wildman–Crippen LogP) is 3.48. The summed E-state index contributed by atoms with van der Waals surface area (Å²) in [6, 6.07) is 12.7. The fourth-order valence-corrected chi connectivity index (χ4v) is 7.42. The first kappa shape index (κ1) is 29.4. The molecule has 0 aliphatic carbocycles. The summed E-state index contributed by atoms with van der Waals surface area (Å²) in [4.78, 5) is 13.1. The summed E-state index contributed by atoms with van der Waals surface area (Å²) in [6.45, 7) is 1.20. The Hall–Kier alpha value is -1.19. The van der Waals surface area contributed by atoms with Gasteiger partial charge in [0.05, 0.1) is 33.7 Å². The van der Waals surface area contributed by atoms with Crippen molar-refractivity contribution in [2.24, 2.45) is 0 Å². The first-order valence-corrected chi connectivity index (χ1v) is 14.6. The molecule has 0 radical (unpaired) electrons. The molecule has 1 aliphatic rings. The number of rotatable bonds is 7. The molecule has 0 bridgehead atoms. The molecule has 1 aromatic heterocycles. The number of hydrogen-bond acceptors (Lipinski definition) is 7. The van der Waals surface area contributed by atoms with Crippen LogP contribution in [0.15, 0.2) is 63.7 Å². The van der Waals surface area contributed by atoms with Crippen molar-refractivity contribution in [2.45, 2.75) is 9.10 Å². The number of halogens is 2. The number of benzene rings is 2. The molecule has 0 saturated carbocycles. The van der Waals surface area contributed by atoms with Crippen molar-refractivity contribution in [2.75, 3.05) is 36.3 Å². The molecule has 2 aromatic carbocycles. The maximum absolute atomic E-state index is 13.0. The minimum atomic E-state index is -3.99. The normalized spacial score (nSPS) is 14.6. The molecule has 36 heavy (non-hydrogen) atoms. The van der Waals surface area contributed by atoms with Gasteiger partial charge in [0.15, 0.2) is 0 Å². The van der Waals surface area contributed by atoms with Crippen LogP contribution in [0.2, 0.25) is 9.36 Å². The number of sulfonamides is 2. The summed E-state index contributed by atoms with van der Waals surface area (Å²) in [5.74, 6) is -0.641. The van der Waals surface area contributed by atoms with Crippen molar-refractivity contribution in [1.29, 1.82) is 0 Å². The number of hydrogen-bond donors (Lipinski definition) is 2. The van der Waals surface area contributed by atoms with Crippen molar-refractivity contribution < 1.29 is 26.4 Å². The third kappa shape index (κ3) is 6.81. The molecule has 0 unspecified atom stereocenters. The van der Waals surface area contributed by atoms with Gasteiger partial charge in [0, 0.05) is 23.8 Å². The van der Waals surface area contributed by atoms with E-state index in [-0.39, 0.29) is 68.0 Å². The van der Waals surface area contributed by atoms with E-state index in [1.807, 2.05) is 0 Å². The summed E-state index contributed by atoms with van der Waals surface area (Å²) in [5, 5.41) is 2.86. The maximum atomic E-state index is 13.0. The molecule has 1 saturated heterocycles. The van der Waals surface area contributed by atoms with Crippen LogP contribution >= 0.6 is 34.5 Å². The van der Waals surface area contributed by atoms with Crippen LogP contribution in [0, 0.1) is 0 Å². The summed E-state index contributed by atoms with van der Waals surface area (Å²) < 4.78 is 60.2. The second-order valence-electron chi connectivity index (χ2n) is 7.35. The van der Waals surface area contributed by atoms with Crippen LogP contribution in [0.5, 0.6) is 0 Å². The Morgan fingerprint density at radius 3 is 2.22 bits per heavy atom. The van der Waals surface area contributed by atoms with Crippen LogP contribution in [-0.2, 0) is 24.8 Å². The van der Waals surface area contributed by atoms with E-state index in [9.17, 15) is 21.6 Å². The van der Waals surface area contributed by atoms with E-state index in [2.05, 4.69) is 10.0 Å². The Morgan fingerprint density at radius 2 is 1.61 bits per heavy atom. The second kappa shape index (κ2) is 12.1. The van der Waals surface area contributed by atoms with Crippen LogP contribution in [0.3, 0.4) is 0 Å². The molecule has 9 nitrogen and oxygen atoms in total. The van der Waals surface area contributed by atoms with Crippen LogP contribution in [-0.4, -0.2) is 82.9 Å². The van der Waals surface area contributed by atoms with E-state index in [0.717, 1.165) is 11.3 Å². The average Bonchev–Trinajstić information content (AvgIpc) is 3.28. The SMILES string of the molecule is O=C(Nc1ccc(S(=O)(=O)N2CCOCC2)cc1)c1cc(Cl)ccc1NS(=O)(=O)c1ccc(Cl)s1.[NaH]. The van der Waals surface area contributed by atoms with Gasteiger partial charge in [0.2, 0.25) is 10.0 Å². The van der Waals surface area contributed by atoms with Crippen molar-refractivity contribution in [3.8, 4) is 0 Å². The Morgan fingerprint density at radius 1 is 0.944 bits per heavy atom. The number of anilines is 2. The molecule has 2 heterocycles. The quantitative estimate of drug-likeness (QED) is 0.401. The molecule has 1 fully saturated rings. The Kier molecular flexibility index (Phi) is 9.88. The van der Waals surface area contributed by atoms with Crippen LogP contribution in [0.4, 0.5) is 11.4 Å². The van der Waals surface area contributed by atoms with Crippen molar-refractivity contribution in [3.63, 3.8) is 0 Å². The summed E-state index contributed by atoms with van der Waals surface area (Å²) in [6.07, 6.45) is 0. The monoisotopic (exact) mass is 599 g/mol. The number of carbonyl (C=O) groups excluding carboxylic acids is 1. The zero-order valence-electron chi connectivity index (χ0n) is 17.9. The topological polar surface area (TPSA) is 122 Å². The number of morpholine rings is 1. The van der Waals surface area contributed by atoms with Crippen molar-refractivity contribution >= 4 is 101 Å². The molecule has 15 heteroatoms. The van der Waals surface area contributed by atoms with Gasteiger partial charge in [-0.1, -0.05) is 23.2 Å². The third-order valence-electron chi connectivity index (χ3n) is 5.00. The van der Waals surface area contributed by atoms with Crippen molar-refractivity contribution in [1.82, 2.24) is 4.31 Å². The first-order chi connectivity index (χ1) is 16.6. The molecule has 2 N–H and O–H groups in total. The number of thiophene rings is 1. The Bertz CT molecular complexity index is 1460. The molecule has 3 aromatic rings. The van der Waals surface area contributed by atoms with E-state index in [4.69, 9.17) is 27.9 Å². The van der Waals surface area contributed by atoms with E-state index in [1.165, 1.54) is 58.9 Å². The number of amides is 1. The first-order valence-electron chi connectivity index (χ1n) is 10.1. The number of nitrogens with one attached hydrogen (secondary N) is 2. The van der Waals surface area contributed by atoms with Crippen molar-refractivity contribution in [3.05, 3.63) is 69.5 Å². The van der Waals surface area contributed by atoms with Gasteiger partial charge in [-0.3, -0.25) is 9.52 Å². The Labute approximate surface area is 245 Å². The van der Waals surface area contributed by atoms with Gasteiger partial charge in [0.1, 0.15) is 4.21 Å². The number of nitrogens with zero attached hydrogens (tertiary/aromatic N) is 1. The van der Waals surface area contributed by atoms with E-state index in [1.54, 1.807) is 0 Å². The summed E-state index contributed by atoms with van der Waals surface area (Å²) in [7, 11) is -7.66. The third-order valence-corrected chi connectivity index (χ3v) is 10.2. The van der Waals surface area contributed by atoms with E-state index < -0.39 is 26.0 Å². The summed E-state index contributed by atoms with van der Waals surface area (Å²) in [5.41, 5.74) is 0.312. The van der Waals surface area contributed by atoms with Crippen LogP contribution < -0.4 is 10.0 Å². The van der Waals surface area contributed by atoms with Crippen LogP contribution in [0.25, 0.3) is 0 Å². The number of ether oxygens (including phenoxy) is 1. The molecular formula is C21H20Cl2N3NaO6S3. The fourth-order valence-electron chi connectivity index (χ4n) is 3.28. The fraction of sp³-hybridized carbons (Fsp3) is 0.190. The van der Waals surface area contributed by atoms with Gasteiger partial charge < -0.3 is 10.1 Å². The molecule has 4 rings (SSSR count). The average molecular weight is 601 g/mol. The standard InChI is InChI=1S/C21H19Cl2N3O6S3.Na.H/c22-14-1-6-18(25-34(28,29)20-8-7-19(23)33-20)17(13-14)21(27)24-15-2-4-16(5-3-15)35(30,31)26-9-11-32-12-10-26;;/h1-8,13,25H,9-12H2,(H,24,27);;. The molecule has 1 aliphatic heterocycles. The molecule has 1 amide bonds. The molecule has 0 spiro atoms. The second-order valence-corrected chi connectivity index (χ2v) is 13.3. The van der Waals surface area contributed by atoms with Gasteiger partial charge in [-0.05, 0) is 54.6 Å². The van der Waals surface area contributed by atoms with E-state index in [0.29, 0.717) is 23.2 Å². The molecule has 0 atom stereocenters. The zero-order chi connectivity index (χ0) is 25.2. The van der Waals surface area contributed by atoms with Crippen LogP contribution in [0.1, 0.15) is 10.4 Å². The van der Waals surface area contributed by atoms with Gasteiger partial charge in [0.25, 0.3) is 15.9 Å². The number of carbonyl (C=O) groups is 1. The zero-order valence-corrected chi connectivity index (χ0v) is 21.9. The Balaban J connectivity index is 0.00000361. The minimum absolute atomic E-state index is 0. The predicted molar refractivity (Wildman–Crippen MR) is 143 cm³/mol. The van der Waals surface area contributed by atoms with Gasteiger partial charge >= 0.3 is 29.6 Å². The van der Waals surface area contributed by atoms with E-state index >= 15 is 0 Å². The van der Waals surface area contributed by atoms with Gasteiger partial charge in [-0.2, -0.15) is 4.31 Å². The van der Waals surface area contributed by atoms with Gasteiger partial charge in [-0.25, -0.2) is 16.8 Å². The van der Waals surface area contributed by atoms with Gasteiger partial charge in [-0.15, -0.1) is 11.3 Å². The summed E-state index contributed by atoms with van der Waals surface area (Å²) >= 11 is 12.8. The molecule has 188 valence electrons.